The predicted molar refractivity (Wildman–Crippen MR) is 92.7 cm³/mol. The molecule has 0 atom stereocenters. The van der Waals surface area contributed by atoms with Crippen molar-refractivity contribution in [2.75, 3.05) is 26.3 Å². The molecule has 0 saturated carbocycles. The first-order chi connectivity index (χ1) is 11.6. The van der Waals surface area contributed by atoms with Crippen LogP contribution in [0.2, 0.25) is 0 Å². The van der Waals surface area contributed by atoms with Gasteiger partial charge >= 0.3 is 0 Å². The maximum Gasteiger partial charge on any atom is 0.245 e. The van der Waals surface area contributed by atoms with Gasteiger partial charge in [-0.05, 0) is 31.9 Å². The van der Waals surface area contributed by atoms with Gasteiger partial charge in [0.05, 0.1) is 5.70 Å². The number of hydrazine groups is 1. The molecule has 6 heteroatoms. The van der Waals surface area contributed by atoms with E-state index in [2.05, 4.69) is 10.7 Å². The quantitative estimate of drug-likeness (QED) is 0.710. The lowest BCUT2D eigenvalue weighted by atomic mass is 10.1. The molecule has 1 aromatic carbocycles. The summed E-state index contributed by atoms with van der Waals surface area (Å²) in [7, 11) is 0. The molecule has 1 aliphatic heterocycles. The maximum absolute atomic E-state index is 12.0. The van der Waals surface area contributed by atoms with Crippen LogP contribution in [0.4, 0.5) is 0 Å². The molecule has 0 saturated heterocycles. The summed E-state index contributed by atoms with van der Waals surface area (Å²) in [5.74, 6) is -0.298. The maximum atomic E-state index is 12.0. The van der Waals surface area contributed by atoms with E-state index in [1.165, 1.54) is 10.6 Å². The smallest absolute Gasteiger partial charge is 0.245 e. The molecule has 1 aliphatic rings. The van der Waals surface area contributed by atoms with E-state index >= 15 is 0 Å². The molecule has 1 heterocycles. The van der Waals surface area contributed by atoms with E-state index in [0.29, 0.717) is 19.8 Å². The molecule has 0 fully saturated rings. The molecule has 0 radical (unpaired) electrons. The van der Waals surface area contributed by atoms with Gasteiger partial charge in [0.2, 0.25) is 11.8 Å². The second-order valence-electron chi connectivity index (χ2n) is 5.68. The van der Waals surface area contributed by atoms with E-state index in [-0.39, 0.29) is 24.8 Å². The number of rotatable bonds is 8. The lowest BCUT2D eigenvalue weighted by Gasteiger charge is -2.28. The highest BCUT2D eigenvalue weighted by Gasteiger charge is 2.21. The van der Waals surface area contributed by atoms with Crippen LogP contribution in [0.15, 0.2) is 30.3 Å². The van der Waals surface area contributed by atoms with Gasteiger partial charge in [-0.1, -0.05) is 29.8 Å². The molecule has 130 valence electrons. The summed E-state index contributed by atoms with van der Waals surface area (Å²) in [6, 6.07) is 8.03. The Bertz CT molecular complexity index is 596. The topological polar surface area (TPSA) is 70.7 Å². The number of benzene rings is 1. The van der Waals surface area contributed by atoms with E-state index in [4.69, 9.17) is 4.74 Å². The number of hydrogen-bond acceptors (Lipinski definition) is 4. The molecular formula is C18H25N3O3. The van der Waals surface area contributed by atoms with Gasteiger partial charge in [-0.3, -0.25) is 15.0 Å². The van der Waals surface area contributed by atoms with Crippen molar-refractivity contribution in [3.63, 3.8) is 0 Å². The molecule has 0 unspecified atom stereocenters. The minimum atomic E-state index is -0.183. The van der Waals surface area contributed by atoms with Gasteiger partial charge in [0.15, 0.2) is 0 Å². The van der Waals surface area contributed by atoms with Crippen LogP contribution >= 0.6 is 0 Å². The minimum Gasteiger partial charge on any atom is -0.382 e. The first kappa shape index (κ1) is 18.0. The summed E-state index contributed by atoms with van der Waals surface area (Å²) in [5.41, 5.74) is 6.06. The van der Waals surface area contributed by atoms with Gasteiger partial charge in [-0.25, -0.2) is 5.01 Å². The Morgan fingerprint density at radius 1 is 1.33 bits per heavy atom. The van der Waals surface area contributed by atoms with Crippen molar-refractivity contribution >= 4 is 17.5 Å². The molecule has 0 bridgehead atoms. The molecule has 0 spiro atoms. The fourth-order valence-electron chi connectivity index (χ4n) is 2.34. The summed E-state index contributed by atoms with van der Waals surface area (Å²) in [5, 5.41) is 4.17. The highest BCUT2D eigenvalue weighted by molar-refractivity contribution is 5.88. The van der Waals surface area contributed by atoms with E-state index in [1.807, 2.05) is 44.2 Å². The molecule has 1 aromatic rings. The van der Waals surface area contributed by atoms with Crippen molar-refractivity contribution in [1.29, 1.82) is 0 Å². The fourth-order valence-corrected chi connectivity index (χ4v) is 2.34. The molecule has 24 heavy (non-hydrogen) atoms. The average molecular weight is 331 g/mol. The van der Waals surface area contributed by atoms with Gasteiger partial charge in [0.1, 0.15) is 6.54 Å². The van der Waals surface area contributed by atoms with Gasteiger partial charge in [0.25, 0.3) is 0 Å². The fraction of sp³-hybridized carbons (Fsp3) is 0.444. The summed E-state index contributed by atoms with van der Waals surface area (Å²) < 4.78 is 5.22. The number of carbonyl (C=O) groups excluding carboxylic acids is 2. The first-order valence-electron chi connectivity index (χ1n) is 8.29. The molecule has 0 aliphatic carbocycles. The third kappa shape index (κ3) is 5.38. The Kier molecular flexibility index (Phi) is 6.81. The van der Waals surface area contributed by atoms with Gasteiger partial charge in [-0.15, -0.1) is 0 Å². The average Bonchev–Trinajstić information content (AvgIpc) is 2.57. The molecule has 6 nitrogen and oxygen atoms in total. The third-order valence-corrected chi connectivity index (χ3v) is 3.69. The summed E-state index contributed by atoms with van der Waals surface area (Å²) >= 11 is 0. The van der Waals surface area contributed by atoms with Crippen LogP contribution in [-0.4, -0.2) is 43.1 Å². The molecular weight excluding hydrogens is 306 g/mol. The highest BCUT2D eigenvalue weighted by atomic mass is 16.5. The van der Waals surface area contributed by atoms with Crippen molar-refractivity contribution in [3.05, 3.63) is 41.5 Å². The molecule has 2 N–H and O–H groups in total. The Morgan fingerprint density at radius 2 is 2.08 bits per heavy atom. The zero-order valence-electron chi connectivity index (χ0n) is 14.3. The van der Waals surface area contributed by atoms with Gasteiger partial charge in [-0.2, -0.15) is 0 Å². The minimum absolute atomic E-state index is 0.00330. The first-order valence-corrected chi connectivity index (χ1v) is 8.29. The van der Waals surface area contributed by atoms with Crippen LogP contribution in [0.25, 0.3) is 5.70 Å². The second kappa shape index (κ2) is 9.08. The number of aryl methyl sites for hydroxylation is 1. The van der Waals surface area contributed by atoms with Crippen molar-refractivity contribution < 1.29 is 14.3 Å². The van der Waals surface area contributed by atoms with Gasteiger partial charge < -0.3 is 10.1 Å². The lowest BCUT2D eigenvalue weighted by molar-refractivity contribution is -0.137. The Balaban J connectivity index is 1.84. The largest absolute Gasteiger partial charge is 0.382 e. The molecule has 0 aromatic heterocycles. The normalized spacial score (nSPS) is 14.2. The third-order valence-electron chi connectivity index (χ3n) is 3.69. The van der Waals surface area contributed by atoms with E-state index in [9.17, 15) is 9.59 Å². The number of nitrogens with one attached hydrogen (secondary N) is 2. The number of hydrogen-bond donors (Lipinski definition) is 2. The van der Waals surface area contributed by atoms with E-state index in [1.54, 1.807) is 0 Å². The summed E-state index contributed by atoms with van der Waals surface area (Å²) in [6.07, 6.45) is 2.90. The number of nitrogens with zero attached hydrogens (tertiary/aromatic N) is 1. The van der Waals surface area contributed by atoms with Crippen LogP contribution in [0.5, 0.6) is 0 Å². The standard InChI is InChI=1S/C18H25N3O3/c1-3-24-12-4-11-19-17(22)13-21-18(23)10-9-16(20-21)15-7-5-14(2)6-8-15/h5-9,20H,3-4,10-13H2,1-2H3,(H,19,22). The van der Waals surface area contributed by atoms with E-state index in [0.717, 1.165) is 17.7 Å². The van der Waals surface area contributed by atoms with Crippen LogP contribution < -0.4 is 10.7 Å². The van der Waals surface area contributed by atoms with Crippen LogP contribution in [0.1, 0.15) is 30.9 Å². The number of carbonyl (C=O) groups is 2. The second-order valence-corrected chi connectivity index (χ2v) is 5.68. The molecule has 2 rings (SSSR count). The van der Waals surface area contributed by atoms with Crippen molar-refractivity contribution in [2.45, 2.75) is 26.7 Å². The number of ether oxygens (including phenoxy) is 1. The summed E-state index contributed by atoms with van der Waals surface area (Å²) in [6.45, 7) is 5.80. The van der Waals surface area contributed by atoms with Crippen molar-refractivity contribution in [2.24, 2.45) is 0 Å². The van der Waals surface area contributed by atoms with Crippen LogP contribution in [-0.2, 0) is 14.3 Å². The SMILES string of the molecule is CCOCCCNC(=O)CN1NC(c2ccc(C)cc2)=CCC1=O. The van der Waals surface area contributed by atoms with Crippen molar-refractivity contribution in [1.82, 2.24) is 15.8 Å². The Morgan fingerprint density at radius 3 is 2.79 bits per heavy atom. The van der Waals surface area contributed by atoms with E-state index < -0.39 is 0 Å². The number of amides is 2. The van der Waals surface area contributed by atoms with Crippen molar-refractivity contribution in [3.8, 4) is 0 Å². The van der Waals surface area contributed by atoms with Crippen LogP contribution in [0, 0.1) is 6.92 Å². The highest BCUT2D eigenvalue weighted by Crippen LogP contribution is 2.17. The zero-order chi connectivity index (χ0) is 17.4. The van der Waals surface area contributed by atoms with Crippen LogP contribution in [0.3, 0.4) is 0 Å². The zero-order valence-corrected chi connectivity index (χ0v) is 14.3. The molecule has 2 amide bonds. The van der Waals surface area contributed by atoms with Gasteiger partial charge in [0, 0.05) is 26.2 Å². The Hall–Kier alpha value is -2.34. The summed E-state index contributed by atoms with van der Waals surface area (Å²) in [4.78, 5) is 24.0. The lowest BCUT2D eigenvalue weighted by Crippen LogP contribution is -2.49. The predicted octanol–water partition coefficient (Wildman–Crippen LogP) is 1.62. The Labute approximate surface area is 142 Å². The monoisotopic (exact) mass is 331 g/mol.